The van der Waals surface area contributed by atoms with Gasteiger partial charge in [0.05, 0.1) is 11.1 Å². The molecule has 1 aliphatic rings. The quantitative estimate of drug-likeness (QED) is 0.807. The van der Waals surface area contributed by atoms with Gasteiger partial charge in [0.15, 0.2) is 0 Å². The molecule has 0 spiro atoms. The monoisotopic (exact) mass is 402 g/mol. The van der Waals surface area contributed by atoms with Crippen molar-refractivity contribution in [2.75, 3.05) is 6.54 Å². The summed E-state index contributed by atoms with van der Waals surface area (Å²) in [6.45, 7) is 4.79. The number of amides is 2. The molecule has 1 unspecified atom stereocenters. The van der Waals surface area contributed by atoms with Crippen LogP contribution in [-0.4, -0.2) is 46.2 Å². The predicted molar refractivity (Wildman–Crippen MR) is 91.6 cm³/mol. The molecule has 0 aromatic heterocycles. The second-order valence-corrected chi connectivity index (χ2v) is 7.42. The third-order valence-electron chi connectivity index (χ3n) is 4.01. The molecule has 7 nitrogen and oxygen atoms in total. The Labute approximate surface area is 159 Å². The van der Waals surface area contributed by atoms with Crippen LogP contribution in [0.1, 0.15) is 48.7 Å². The Morgan fingerprint density at radius 3 is 2.46 bits per heavy atom. The number of alkyl halides is 3. The van der Waals surface area contributed by atoms with Gasteiger partial charge < -0.3 is 20.1 Å². The van der Waals surface area contributed by atoms with Crippen molar-refractivity contribution in [1.82, 2.24) is 10.2 Å². The summed E-state index contributed by atoms with van der Waals surface area (Å²) in [6.07, 6.45) is -5.32. The van der Waals surface area contributed by atoms with Crippen LogP contribution in [0.25, 0.3) is 0 Å². The number of carboxylic acid groups (broad SMARTS) is 1. The summed E-state index contributed by atoms with van der Waals surface area (Å²) in [6, 6.07) is 1.77. The van der Waals surface area contributed by atoms with Gasteiger partial charge in [0, 0.05) is 13.1 Å². The minimum absolute atomic E-state index is 0.150. The summed E-state index contributed by atoms with van der Waals surface area (Å²) in [5.41, 5.74) is -2.57. The summed E-state index contributed by atoms with van der Waals surface area (Å²) in [4.78, 5) is 36.4. The molecule has 1 atom stereocenters. The van der Waals surface area contributed by atoms with E-state index in [0.29, 0.717) is 6.07 Å². The van der Waals surface area contributed by atoms with E-state index in [0.717, 1.165) is 12.1 Å². The summed E-state index contributed by atoms with van der Waals surface area (Å²) in [5.74, 6) is -2.00. The van der Waals surface area contributed by atoms with E-state index in [1.165, 1.54) is 4.90 Å². The van der Waals surface area contributed by atoms with E-state index < -0.39 is 46.9 Å². The molecule has 2 N–H and O–H groups in total. The highest BCUT2D eigenvalue weighted by atomic mass is 19.4. The molecule has 2 amide bonds. The Morgan fingerprint density at radius 1 is 1.29 bits per heavy atom. The van der Waals surface area contributed by atoms with Gasteiger partial charge in [-0.25, -0.2) is 9.59 Å². The van der Waals surface area contributed by atoms with E-state index in [2.05, 4.69) is 5.32 Å². The van der Waals surface area contributed by atoms with E-state index in [9.17, 15) is 27.6 Å². The van der Waals surface area contributed by atoms with Crippen LogP contribution in [0.4, 0.5) is 18.0 Å². The lowest BCUT2D eigenvalue weighted by Crippen LogP contribution is -2.43. The zero-order valence-electron chi connectivity index (χ0n) is 15.6. The van der Waals surface area contributed by atoms with Gasteiger partial charge in [-0.1, -0.05) is 6.07 Å². The van der Waals surface area contributed by atoms with E-state index in [4.69, 9.17) is 9.84 Å². The first-order valence-corrected chi connectivity index (χ1v) is 8.49. The smallest absolute Gasteiger partial charge is 0.416 e. The fourth-order valence-electron chi connectivity index (χ4n) is 2.80. The minimum Gasteiger partial charge on any atom is -0.478 e. The van der Waals surface area contributed by atoms with Gasteiger partial charge in [-0.2, -0.15) is 13.2 Å². The van der Waals surface area contributed by atoms with Crippen LogP contribution in [0, 0.1) is 0 Å². The first-order valence-electron chi connectivity index (χ1n) is 8.49. The van der Waals surface area contributed by atoms with Crippen molar-refractivity contribution in [1.29, 1.82) is 0 Å². The molecule has 0 radical (unpaired) electrons. The van der Waals surface area contributed by atoms with Gasteiger partial charge in [0.1, 0.15) is 11.6 Å². The topological polar surface area (TPSA) is 95.9 Å². The highest BCUT2D eigenvalue weighted by Gasteiger charge is 2.38. The maximum absolute atomic E-state index is 13.3. The number of carboxylic acids is 1. The van der Waals surface area contributed by atoms with Crippen LogP contribution < -0.4 is 5.32 Å². The van der Waals surface area contributed by atoms with Gasteiger partial charge in [-0.15, -0.1) is 0 Å². The van der Waals surface area contributed by atoms with Crippen molar-refractivity contribution in [3.05, 3.63) is 34.9 Å². The molecule has 1 fully saturated rings. The third kappa shape index (κ3) is 5.37. The fourth-order valence-corrected chi connectivity index (χ4v) is 2.80. The summed E-state index contributed by atoms with van der Waals surface area (Å²) in [5, 5.41) is 11.3. The standard InChI is InChI=1S/C18H21F3N2O5/c1-17(2,3)28-16(27)22-13-6-7-23(14(13)24)9-11-5-4-10(15(25)26)8-12(11)18(19,20)21/h4-5,8,13H,6-7,9H2,1-3H3,(H,22,27)(H,25,26). The fraction of sp³-hybridized carbons (Fsp3) is 0.500. The molecule has 0 bridgehead atoms. The number of aromatic carboxylic acids is 1. The van der Waals surface area contributed by atoms with Crippen LogP contribution in [0.15, 0.2) is 18.2 Å². The number of alkyl carbamates (subject to hydrolysis) is 1. The summed E-state index contributed by atoms with van der Waals surface area (Å²) in [7, 11) is 0. The van der Waals surface area contributed by atoms with E-state index in [1.54, 1.807) is 20.8 Å². The lowest BCUT2D eigenvalue weighted by molar-refractivity contribution is -0.139. The lowest BCUT2D eigenvalue weighted by atomic mass is 10.0. The summed E-state index contributed by atoms with van der Waals surface area (Å²) >= 11 is 0. The van der Waals surface area contributed by atoms with Gasteiger partial charge in [0.2, 0.25) is 5.91 Å². The molecule has 0 aliphatic carbocycles. The molecule has 1 saturated heterocycles. The molecular formula is C18H21F3N2O5. The van der Waals surface area contributed by atoms with Crippen molar-refractivity contribution in [3.63, 3.8) is 0 Å². The number of ether oxygens (including phenoxy) is 1. The van der Waals surface area contributed by atoms with Crippen molar-refractivity contribution in [2.24, 2.45) is 0 Å². The molecule has 2 rings (SSSR count). The Morgan fingerprint density at radius 2 is 1.93 bits per heavy atom. The Balaban J connectivity index is 2.13. The highest BCUT2D eigenvalue weighted by Crippen LogP contribution is 2.34. The Bertz CT molecular complexity index is 786. The van der Waals surface area contributed by atoms with E-state index in [-0.39, 0.29) is 25.1 Å². The number of halogens is 3. The predicted octanol–water partition coefficient (Wildman–Crippen LogP) is 3.03. The molecule has 28 heavy (non-hydrogen) atoms. The number of nitrogens with zero attached hydrogens (tertiary/aromatic N) is 1. The number of hydrogen-bond donors (Lipinski definition) is 2. The maximum Gasteiger partial charge on any atom is 0.416 e. The second-order valence-electron chi connectivity index (χ2n) is 7.42. The van der Waals surface area contributed by atoms with Gasteiger partial charge in [-0.05, 0) is 44.9 Å². The van der Waals surface area contributed by atoms with Crippen LogP contribution in [0.5, 0.6) is 0 Å². The largest absolute Gasteiger partial charge is 0.478 e. The first kappa shape index (κ1) is 21.5. The molecule has 1 heterocycles. The zero-order valence-corrected chi connectivity index (χ0v) is 15.6. The van der Waals surface area contributed by atoms with Crippen LogP contribution >= 0.6 is 0 Å². The van der Waals surface area contributed by atoms with Crippen LogP contribution in [0.2, 0.25) is 0 Å². The van der Waals surface area contributed by atoms with Crippen LogP contribution in [0.3, 0.4) is 0 Å². The van der Waals surface area contributed by atoms with Crippen LogP contribution in [-0.2, 0) is 22.3 Å². The number of nitrogens with one attached hydrogen (secondary N) is 1. The second kappa shape index (κ2) is 7.69. The average molecular weight is 402 g/mol. The van der Waals surface area contributed by atoms with Crippen molar-refractivity contribution < 1.29 is 37.4 Å². The molecule has 154 valence electrons. The average Bonchev–Trinajstić information content (AvgIpc) is 2.85. The van der Waals surface area contributed by atoms with E-state index in [1.807, 2.05) is 0 Å². The maximum atomic E-state index is 13.3. The number of carbonyl (C=O) groups excluding carboxylic acids is 2. The Kier molecular flexibility index (Phi) is 5.91. The number of rotatable bonds is 4. The van der Waals surface area contributed by atoms with E-state index >= 15 is 0 Å². The molecule has 1 aliphatic heterocycles. The zero-order chi connectivity index (χ0) is 21.3. The van der Waals surface area contributed by atoms with Gasteiger partial charge in [-0.3, -0.25) is 4.79 Å². The number of hydrogen-bond acceptors (Lipinski definition) is 4. The molecule has 1 aromatic rings. The van der Waals surface area contributed by atoms with Crippen molar-refractivity contribution in [3.8, 4) is 0 Å². The molecule has 10 heteroatoms. The normalized spacial score (nSPS) is 17.6. The van der Waals surface area contributed by atoms with Gasteiger partial charge in [0.25, 0.3) is 0 Å². The molecule has 1 aromatic carbocycles. The SMILES string of the molecule is CC(C)(C)OC(=O)NC1CCN(Cc2ccc(C(=O)O)cc2C(F)(F)F)C1=O. The minimum atomic E-state index is -4.77. The number of likely N-dealkylation sites (tertiary alicyclic amines) is 1. The van der Waals surface area contributed by atoms with Gasteiger partial charge >= 0.3 is 18.2 Å². The molecular weight excluding hydrogens is 381 g/mol. The highest BCUT2D eigenvalue weighted by molar-refractivity contribution is 5.88. The number of carbonyl (C=O) groups is 3. The third-order valence-corrected chi connectivity index (χ3v) is 4.01. The molecule has 0 saturated carbocycles. The van der Waals surface area contributed by atoms with Crippen molar-refractivity contribution in [2.45, 2.75) is 51.6 Å². The number of benzene rings is 1. The van der Waals surface area contributed by atoms with Crippen molar-refractivity contribution >= 4 is 18.0 Å². The lowest BCUT2D eigenvalue weighted by Gasteiger charge is -2.22. The Hall–Kier alpha value is -2.78. The summed E-state index contributed by atoms with van der Waals surface area (Å²) < 4.78 is 45.0. The first-order chi connectivity index (χ1) is 12.8.